The van der Waals surface area contributed by atoms with E-state index in [1.54, 1.807) is 23.2 Å². The van der Waals surface area contributed by atoms with E-state index < -0.39 is 11.7 Å². The maximum Gasteiger partial charge on any atom is 0.419 e. The van der Waals surface area contributed by atoms with Gasteiger partial charge in [0.05, 0.1) is 29.6 Å². The number of hydrogen-bond donors (Lipinski definition) is 1. The largest absolute Gasteiger partial charge is 0.419 e. The molecule has 2 bridgehead atoms. The van der Waals surface area contributed by atoms with E-state index in [-0.39, 0.29) is 23.9 Å². The molecule has 2 fully saturated rings. The summed E-state index contributed by atoms with van der Waals surface area (Å²) in [5, 5.41) is 11.2. The summed E-state index contributed by atoms with van der Waals surface area (Å²) in [5.74, 6) is 0.563. The number of fused-ring (bicyclic) bond motifs is 2. The normalized spacial score (nSPS) is 22.7. The number of carbonyl (C=O) groups is 1. The van der Waals surface area contributed by atoms with Crippen LogP contribution in [-0.2, 0) is 6.18 Å². The Morgan fingerprint density at radius 3 is 2.48 bits per heavy atom. The van der Waals surface area contributed by atoms with Crippen molar-refractivity contribution in [2.45, 2.75) is 31.1 Å². The Kier molecular flexibility index (Phi) is 4.56. The van der Waals surface area contributed by atoms with Crippen LogP contribution in [0.5, 0.6) is 0 Å². The number of likely N-dealkylation sites (tertiary alicyclic amines) is 1. The highest BCUT2D eigenvalue weighted by molar-refractivity contribution is 5.97. The molecular formula is C19H17F3N8O. The quantitative estimate of drug-likeness (QED) is 0.677. The van der Waals surface area contributed by atoms with E-state index >= 15 is 0 Å². The van der Waals surface area contributed by atoms with Crippen LogP contribution >= 0.6 is 0 Å². The number of aromatic nitrogens is 6. The number of anilines is 1. The molecule has 5 rings (SSSR count). The van der Waals surface area contributed by atoms with Gasteiger partial charge in [0.25, 0.3) is 5.91 Å². The molecule has 0 unspecified atom stereocenters. The van der Waals surface area contributed by atoms with Crippen molar-refractivity contribution in [3.05, 3.63) is 54.2 Å². The van der Waals surface area contributed by atoms with Crippen LogP contribution < -0.4 is 5.32 Å². The summed E-state index contributed by atoms with van der Waals surface area (Å²) in [6.07, 6.45) is 3.19. The van der Waals surface area contributed by atoms with Gasteiger partial charge in [-0.25, -0.2) is 15.0 Å². The third-order valence-corrected chi connectivity index (χ3v) is 5.66. The van der Waals surface area contributed by atoms with Gasteiger partial charge in [-0.15, -0.1) is 4.80 Å². The zero-order valence-corrected chi connectivity index (χ0v) is 16.1. The van der Waals surface area contributed by atoms with Gasteiger partial charge in [-0.05, 0) is 30.9 Å². The molecule has 3 atom stereocenters. The van der Waals surface area contributed by atoms with Gasteiger partial charge in [-0.2, -0.15) is 23.4 Å². The summed E-state index contributed by atoms with van der Waals surface area (Å²) >= 11 is 0. The van der Waals surface area contributed by atoms with E-state index in [1.807, 2.05) is 0 Å². The first-order chi connectivity index (χ1) is 14.9. The number of rotatable bonds is 4. The Hall–Kier alpha value is -3.57. The number of halogens is 3. The average Bonchev–Trinajstić information content (AvgIpc) is 3.50. The summed E-state index contributed by atoms with van der Waals surface area (Å²) in [7, 11) is 0. The molecule has 0 spiro atoms. The molecule has 3 aromatic rings. The van der Waals surface area contributed by atoms with Gasteiger partial charge < -0.3 is 10.2 Å². The molecule has 0 aromatic carbocycles. The predicted octanol–water partition coefficient (Wildman–Crippen LogP) is 2.19. The highest BCUT2D eigenvalue weighted by Crippen LogP contribution is 2.40. The molecule has 9 nitrogen and oxygen atoms in total. The zero-order valence-electron chi connectivity index (χ0n) is 16.1. The first-order valence-electron chi connectivity index (χ1n) is 9.68. The molecule has 160 valence electrons. The Bertz CT molecular complexity index is 1090. The molecule has 1 saturated carbocycles. The van der Waals surface area contributed by atoms with Gasteiger partial charge in [0.1, 0.15) is 0 Å². The van der Waals surface area contributed by atoms with Crippen LogP contribution in [0.3, 0.4) is 0 Å². The van der Waals surface area contributed by atoms with Crippen molar-refractivity contribution in [1.29, 1.82) is 0 Å². The summed E-state index contributed by atoms with van der Waals surface area (Å²) in [6.45, 7) is 0.608. The van der Waals surface area contributed by atoms with Crippen LogP contribution in [0.4, 0.5) is 19.1 Å². The predicted molar refractivity (Wildman–Crippen MR) is 101 cm³/mol. The van der Waals surface area contributed by atoms with Crippen molar-refractivity contribution in [2.75, 3.05) is 11.9 Å². The van der Waals surface area contributed by atoms with E-state index in [4.69, 9.17) is 0 Å². The number of hydrogen-bond acceptors (Lipinski definition) is 7. The molecule has 1 saturated heterocycles. The number of piperidine rings is 1. The van der Waals surface area contributed by atoms with Crippen LogP contribution in [0.2, 0.25) is 0 Å². The maximum absolute atomic E-state index is 13.3. The lowest BCUT2D eigenvalue weighted by Crippen LogP contribution is -2.48. The lowest BCUT2D eigenvalue weighted by Gasteiger charge is -2.34. The lowest BCUT2D eigenvalue weighted by atomic mass is 10.0. The minimum absolute atomic E-state index is 0.112. The zero-order chi connectivity index (χ0) is 21.6. The number of carbonyl (C=O) groups excluding carboxylic acids is 1. The van der Waals surface area contributed by atoms with Gasteiger partial charge in [0.2, 0.25) is 5.95 Å². The summed E-state index contributed by atoms with van der Waals surface area (Å²) in [5.41, 5.74) is -0.519. The van der Waals surface area contributed by atoms with E-state index in [9.17, 15) is 18.0 Å². The molecular weight excluding hydrogens is 413 g/mol. The van der Waals surface area contributed by atoms with Gasteiger partial charge in [0, 0.05) is 31.2 Å². The number of nitrogens with one attached hydrogen (secondary N) is 1. The van der Waals surface area contributed by atoms with Gasteiger partial charge in [-0.1, -0.05) is 0 Å². The van der Waals surface area contributed by atoms with Crippen LogP contribution in [0.1, 0.15) is 28.8 Å². The molecule has 0 radical (unpaired) electrons. The monoisotopic (exact) mass is 430 g/mol. The number of pyridine rings is 1. The fourth-order valence-corrected chi connectivity index (χ4v) is 4.33. The Balaban J connectivity index is 1.35. The molecule has 1 N–H and O–H groups in total. The van der Waals surface area contributed by atoms with E-state index in [2.05, 4.69) is 30.5 Å². The second-order valence-corrected chi connectivity index (χ2v) is 7.60. The van der Waals surface area contributed by atoms with Gasteiger partial charge in [0.15, 0.2) is 5.82 Å². The molecule has 1 aliphatic carbocycles. The molecule has 31 heavy (non-hydrogen) atoms. The van der Waals surface area contributed by atoms with Crippen molar-refractivity contribution in [1.82, 2.24) is 34.8 Å². The minimum Gasteiger partial charge on any atom is -0.349 e. The second-order valence-electron chi connectivity index (χ2n) is 7.60. The Labute approximate surface area is 174 Å². The topological polar surface area (TPSA) is 102 Å². The van der Waals surface area contributed by atoms with E-state index in [0.717, 1.165) is 25.2 Å². The first-order valence-corrected chi connectivity index (χ1v) is 9.68. The summed E-state index contributed by atoms with van der Waals surface area (Å²) < 4.78 is 38.2. The molecule has 1 amide bonds. The van der Waals surface area contributed by atoms with Gasteiger partial charge >= 0.3 is 6.18 Å². The summed E-state index contributed by atoms with van der Waals surface area (Å²) in [4.78, 5) is 28.3. The van der Waals surface area contributed by atoms with Gasteiger partial charge in [-0.3, -0.25) is 4.79 Å². The molecule has 1 aliphatic heterocycles. The number of nitrogens with zero attached hydrogens (tertiary/aromatic N) is 7. The van der Waals surface area contributed by atoms with E-state index in [0.29, 0.717) is 23.8 Å². The first kappa shape index (κ1) is 19.4. The van der Waals surface area contributed by atoms with Crippen LogP contribution in [0, 0.1) is 5.92 Å². The van der Waals surface area contributed by atoms with Crippen LogP contribution in [0.15, 0.2) is 43.1 Å². The highest BCUT2D eigenvalue weighted by Gasteiger charge is 2.47. The third kappa shape index (κ3) is 3.57. The fourth-order valence-electron chi connectivity index (χ4n) is 4.33. The van der Waals surface area contributed by atoms with Crippen molar-refractivity contribution in [2.24, 2.45) is 5.92 Å². The molecule has 3 aromatic heterocycles. The standard InChI is InChI=1S/C19H17F3N8O/c20-19(21,22)12-8-24-18(25-9-12)28-14-6-11-7-15(14)29(10-11)17(31)13-2-1-3-23-16(13)30-26-4-5-27-30/h1-5,8-9,11,14-15H,6-7,10H2,(H,24,25,28)/t11-,14-,15+/m1/s1. The molecule has 2 aliphatic rings. The van der Waals surface area contributed by atoms with Crippen LogP contribution in [-0.4, -0.2) is 59.4 Å². The Morgan fingerprint density at radius 2 is 1.81 bits per heavy atom. The van der Waals surface area contributed by atoms with Crippen LogP contribution in [0.25, 0.3) is 5.82 Å². The average molecular weight is 430 g/mol. The second kappa shape index (κ2) is 7.29. The number of alkyl halides is 3. The van der Waals surface area contributed by atoms with E-state index in [1.165, 1.54) is 17.2 Å². The van der Waals surface area contributed by atoms with Crippen molar-refractivity contribution in [3.63, 3.8) is 0 Å². The molecule has 4 heterocycles. The number of amides is 1. The van der Waals surface area contributed by atoms with Crippen molar-refractivity contribution in [3.8, 4) is 5.82 Å². The summed E-state index contributed by atoms with van der Waals surface area (Å²) in [6, 6.07) is 3.09. The smallest absolute Gasteiger partial charge is 0.349 e. The Morgan fingerprint density at radius 1 is 1.06 bits per heavy atom. The minimum atomic E-state index is -4.49. The fraction of sp³-hybridized carbons (Fsp3) is 0.368. The molecule has 12 heteroatoms. The highest BCUT2D eigenvalue weighted by atomic mass is 19.4. The van der Waals surface area contributed by atoms with Crippen molar-refractivity contribution < 1.29 is 18.0 Å². The lowest BCUT2D eigenvalue weighted by molar-refractivity contribution is -0.138. The SMILES string of the molecule is O=C(c1cccnc1-n1nccn1)N1C[C@@H]2C[C@@H](Nc3ncc(C(F)(F)F)cn3)[C@@H]1C2. The maximum atomic E-state index is 13.3. The van der Waals surface area contributed by atoms with Crippen molar-refractivity contribution >= 4 is 11.9 Å². The third-order valence-electron chi connectivity index (χ3n) is 5.66.